The molecule has 2 aromatic heterocycles. The van der Waals surface area contributed by atoms with Crippen molar-refractivity contribution in [3.63, 3.8) is 0 Å². The van der Waals surface area contributed by atoms with Crippen LogP contribution < -0.4 is 15.4 Å². The van der Waals surface area contributed by atoms with Crippen molar-refractivity contribution < 1.29 is 14.3 Å². The van der Waals surface area contributed by atoms with Gasteiger partial charge in [-0.15, -0.1) is 22.7 Å². The van der Waals surface area contributed by atoms with E-state index in [1.165, 1.54) is 22.7 Å². The van der Waals surface area contributed by atoms with Crippen LogP contribution in [0.2, 0.25) is 0 Å². The minimum Gasteiger partial charge on any atom is -0.497 e. The van der Waals surface area contributed by atoms with Crippen molar-refractivity contribution in [2.45, 2.75) is 0 Å². The molecule has 7 heteroatoms. The van der Waals surface area contributed by atoms with Gasteiger partial charge in [0.05, 0.1) is 12.0 Å². The highest BCUT2D eigenvalue weighted by Crippen LogP contribution is 2.18. The summed E-state index contributed by atoms with van der Waals surface area (Å²) in [6.45, 7) is 0. The van der Waals surface area contributed by atoms with Crippen molar-refractivity contribution in [3.8, 4) is 5.75 Å². The molecule has 1 aromatic carbocycles. The summed E-state index contributed by atoms with van der Waals surface area (Å²) in [5.41, 5.74) is 0.792. The molecule has 0 aliphatic rings. The number of hydrogen-bond acceptors (Lipinski definition) is 5. The Balaban J connectivity index is 1.79. The van der Waals surface area contributed by atoms with Gasteiger partial charge in [-0.25, -0.2) is 0 Å². The van der Waals surface area contributed by atoms with Crippen molar-refractivity contribution in [2.75, 3.05) is 12.4 Å². The smallest absolute Gasteiger partial charge is 0.272 e. The predicted octanol–water partition coefficient (Wildman–Crippen LogP) is 4.23. The second kappa shape index (κ2) is 8.46. The molecule has 3 aromatic rings. The number of ether oxygens (including phenoxy) is 1. The molecule has 2 N–H and O–H groups in total. The van der Waals surface area contributed by atoms with Gasteiger partial charge in [0.25, 0.3) is 11.8 Å². The van der Waals surface area contributed by atoms with Crippen LogP contribution in [-0.2, 0) is 4.79 Å². The maximum Gasteiger partial charge on any atom is 0.272 e. The Labute approximate surface area is 158 Å². The van der Waals surface area contributed by atoms with Gasteiger partial charge < -0.3 is 15.4 Å². The van der Waals surface area contributed by atoms with Crippen LogP contribution in [0.4, 0.5) is 5.69 Å². The summed E-state index contributed by atoms with van der Waals surface area (Å²) in [5.74, 6) is -0.00971. The maximum absolute atomic E-state index is 12.7. The average Bonchev–Trinajstić information content (AvgIpc) is 3.35. The zero-order chi connectivity index (χ0) is 18.4. The third-order valence-electron chi connectivity index (χ3n) is 3.42. The predicted molar refractivity (Wildman–Crippen MR) is 106 cm³/mol. The van der Waals surface area contributed by atoms with E-state index in [9.17, 15) is 9.59 Å². The Kier molecular flexibility index (Phi) is 5.83. The number of anilines is 1. The lowest BCUT2D eigenvalue weighted by molar-refractivity contribution is -0.113. The van der Waals surface area contributed by atoms with Crippen molar-refractivity contribution in [1.29, 1.82) is 0 Å². The average molecular weight is 384 g/mol. The molecule has 0 aliphatic heterocycles. The Morgan fingerprint density at radius 1 is 1.00 bits per heavy atom. The van der Waals surface area contributed by atoms with E-state index < -0.39 is 5.91 Å². The molecular formula is C19H16N2O3S2. The lowest BCUT2D eigenvalue weighted by Crippen LogP contribution is -2.30. The largest absolute Gasteiger partial charge is 0.497 e. The standard InChI is InChI=1S/C19H16N2O3S2/c1-24-14-8-6-13(7-9-14)20-18(22)16(12-15-4-2-10-25-15)21-19(23)17-5-3-11-26-17/h2-12H,1H3,(H,20,22)(H,21,23). The first-order chi connectivity index (χ1) is 12.7. The number of methoxy groups -OCH3 is 1. The number of rotatable bonds is 6. The number of carbonyl (C=O) groups is 2. The summed E-state index contributed by atoms with van der Waals surface area (Å²) < 4.78 is 5.11. The van der Waals surface area contributed by atoms with Crippen molar-refractivity contribution in [3.05, 3.63) is 74.7 Å². The monoisotopic (exact) mass is 384 g/mol. The SMILES string of the molecule is COc1ccc(NC(=O)C(=Cc2cccs2)NC(=O)c2cccs2)cc1. The highest BCUT2D eigenvalue weighted by atomic mass is 32.1. The molecule has 0 atom stereocenters. The van der Waals surface area contributed by atoms with Crippen molar-refractivity contribution in [1.82, 2.24) is 5.32 Å². The molecule has 0 spiro atoms. The van der Waals surface area contributed by atoms with E-state index in [0.29, 0.717) is 16.3 Å². The zero-order valence-electron chi connectivity index (χ0n) is 13.9. The van der Waals surface area contributed by atoms with Gasteiger partial charge in [-0.1, -0.05) is 12.1 Å². The molecule has 0 unspecified atom stereocenters. The van der Waals surface area contributed by atoms with Gasteiger partial charge in [-0.05, 0) is 53.2 Å². The Morgan fingerprint density at radius 2 is 1.73 bits per heavy atom. The molecule has 132 valence electrons. The third kappa shape index (κ3) is 4.59. The van der Waals surface area contributed by atoms with Crippen molar-refractivity contribution in [2.24, 2.45) is 0 Å². The van der Waals surface area contributed by atoms with Crippen LogP contribution >= 0.6 is 22.7 Å². The lowest BCUT2D eigenvalue weighted by Gasteiger charge is -2.10. The Bertz CT molecular complexity index is 899. The number of carbonyl (C=O) groups excluding carboxylic acids is 2. The normalized spacial score (nSPS) is 11.0. The van der Waals surface area contributed by atoms with Crippen molar-refractivity contribution >= 4 is 46.3 Å². The van der Waals surface area contributed by atoms with Gasteiger partial charge in [-0.2, -0.15) is 0 Å². The van der Waals surface area contributed by atoms with Crippen LogP contribution in [0.1, 0.15) is 14.5 Å². The molecule has 0 radical (unpaired) electrons. The molecule has 0 aliphatic carbocycles. The van der Waals surface area contributed by atoms with Gasteiger partial charge in [0.1, 0.15) is 11.4 Å². The van der Waals surface area contributed by atoms with Crippen LogP contribution in [0.3, 0.4) is 0 Å². The number of thiophene rings is 2. The van der Waals surface area contributed by atoms with Gasteiger partial charge in [0.2, 0.25) is 0 Å². The lowest BCUT2D eigenvalue weighted by atomic mass is 10.2. The molecule has 0 saturated heterocycles. The Hall–Kier alpha value is -2.90. The van der Waals surface area contributed by atoms with Crippen LogP contribution in [-0.4, -0.2) is 18.9 Å². The summed E-state index contributed by atoms with van der Waals surface area (Å²) in [6, 6.07) is 14.2. The topological polar surface area (TPSA) is 67.4 Å². The van der Waals surface area contributed by atoms with Gasteiger partial charge in [0.15, 0.2) is 0 Å². The molecule has 26 heavy (non-hydrogen) atoms. The fourth-order valence-corrected chi connectivity index (χ4v) is 3.41. The summed E-state index contributed by atoms with van der Waals surface area (Å²) in [4.78, 5) is 26.4. The van der Waals surface area contributed by atoms with Crippen LogP contribution in [0.25, 0.3) is 6.08 Å². The van der Waals surface area contributed by atoms with E-state index in [1.54, 1.807) is 49.6 Å². The van der Waals surface area contributed by atoms with Gasteiger partial charge in [-0.3, -0.25) is 9.59 Å². The number of nitrogens with one attached hydrogen (secondary N) is 2. The van der Waals surface area contributed by atoms with Gasteiger partial charge >= 0.3 is 0 Å². The molecule has 5 nitrogen and oxygen atoms in total. The summed E-state index contributed by atoms with van der Waals surface area (Å²) in [6.07, 6.45) is 1.66. The number of hydrogen-bond donors (Lipinski definition) is 2. The quantitative estimate of drug-likeness (QED) is 0.625. The molecule has 2 amide bonds. The molecule has 2 heterocycles. The fraction of sp³-hybridized carbons (Fsp3) is 0.0526. The highest BCUT2D eigenvalue weighted by molar-refractivity contribution is 7.12. The minimum atomic E-state index is -0.395. The Morgan fingerprint density at radius 3 is 2.35 bits per heavy atom. The van der Waals surface area contributed by atoms with E-state index in [4.69, 9.17) is 4.74 Å². The third-order valence-corrected chi connectivity index (χ3v) is 5.10. The molecule has 0 fully saturated rings. The zero-order valence-corrected chi connectivity index (χ0v) is 15.5. The van der Waals surface area contributed by atoms with E-state index in [-0.39, 0.29) is 11.6 Å². The fourth-order valence-electron chi connectivity index (χ4n) is 2.14. The minimum absolute atomic E-state index is 0.182. The molecule has 0 saturated carbocycles. The second-order valence-electron chi connectivity index (χ2n) is 5.19. The summed E-state index contributed by atoms with van der Waals surface area (Å²) in [5, 5.41) is 9.21. The van der Waals surface area contributed by atoms with Crippen LogP contribution in [0.15, 0.2) is 65.0 Å². The second-order valence-corrected chi connectivity index (χ2v) is 7.11. The molecule has 3 rings (SSSR count). The van der Waals surface area contributed by atoms with Gasteiger partial charge in [0, 0.05) is 10.6 Å². The van der Waals surface area contributed by atoms with E-state index in [0.717, 1.165) is 4.88 Å². The van der Waals surface area contributed by atoms with Crippen LogP contribution in [0, 0.1) is 0 Å². The van der Waals surface area contributed by atoms with E-state index >= 15 is 0 Å². The van der Waals surface area contributed by atoms with E-state index in [1.807, 2.05) is 22.9 Å². The summed E-state index contributed by atoms with van der Waals surface area (Å²) >= 11 is 2.80. The van der Waals surface area contributed by atoms with Crippen LogP contribution in [0.5, 0.6) is 5.75 Å². The first-order valence-electron chi connectivity index (χ1n) is 7.71. The molecular weight excluding hydrogens is 368 g/mol. The highest BCUT2D eigenvalue weighted by Gasteiger charge is 2.16. The first kappa shape index (κ1) is 17.9. The number of amides is 2. The summed E-state index contributed by atoms with van der Waals surface area (Å²) in [7, 11) is 1.58. The van der Waals surface area contributed by atoms with E-state index in [2.05, 4.69) is 10.6 Å². The number of benzene rings is 1. The maximum atomic E-state index is 12.7. The first-order valence-corrected chi connectivity index (χ1v) is 9.47. The molecule has 0 bridgehead atoms.